The van der Waals surface area contributed by atoms with Crippen LogP contribution in [-0.2, 0) is 20.1 Å². The fourth-order valence-corrected chi connectivity index (χ4v) is 2.41. The predicted molar refractivity (Wildman–Crippen MR) is 65.0 cm³/mol. The highest BCUT2D eigenvalue weighted by Gasteiger charge is 2.20. The van der Waals surface area contributed by atoms with Crippen molar-refractivity contribution in [2.75, 3.05) is 4.90 Å². The van der Waals surface area contributed by atoms with Crippen molar-refractivity contribution in [1.82, 2.24) is 15.0 Å². The van der Waals surface area contributed by atoms with Gasteiger partial charge in [0.05, 0.1) is 6.20 Å². The predicted octanol–water partition coefficient (Wildman–Crippen LogP) is 2.10. The van der Waals surface area contributed by atoms with Crippen LogP contribution in [0.2, 0.25) is 0 Å². The van der Waals surface area contributed by atoms with E-state index in [4.69, 9.17) is 0 Å². The molecule has 0 fully saturated rings. The summed E-state index contributed by atoms with van der Waals surface area (Å²) >= 11 is 3.49. The maximum Gasteiger partial charge on any atom is 0.171 e. The standard InChI is InChI=1S/C11H11BrN4/c1-15-13-5-11(14-15)16-6-8-2-3-10(12)4-9(8)7-16/h2-5H,6-7H2,1H3. The van der Waals surface area contributed by atoms with Crippen LogP contribution in [0.25, 0.3) is 0 Å². The fraction of sp³-hybridized carbons (Fsp3) is 0.273. The van der Waals surface area contributed by atoms with E-state index in [2.05, 4.69) is 49.2 Å². The lowest BCUT2D eigenvalue weighted by Crippen LogP contribution is -2.15. The van der Waals surface area contributed by atoms with Crippen molar-refractivity contribution in [3.63, 3.8) is 0 Å². The first-order valence-corrected chi connectivity index (χ1v) is 5.90. The number of nitrogens with zero attached hydrogens (tertiary/aromatic N) is 4. The van der Waals surface area contributed by atoms with E-state index < -0.39 is 0 Å². The van der Waals surface area contributed by atoms with Crippen LogP contribution in [-0.4, -0.2) is 15.0 Å². The summed E-state index contributed by atoms with van der Waals surface area (Å²) in [7, 11) is 1.84. The van der Waals surface area contributed by atoms with Gasteiger partial charge >= 0.3 is 0 Å². The Labute approximate surface area is 102 Å². The molecule has 1 aromatic heterocycles. The summed E-state index contributed by atoms with van der Waals surface area (Å²) in [4.78, 5) is 3.82. The summed E-state index contributed by atoms with van der Waals surface area (Å²) in [5, 5.41) is 8.41. The minimum Gasteiger partial charge on any atom is -0.345 e. The molecule has 0 saturated heterocycles. The van der Waals surface area contributed by atoms with E-state index in [1.807, 2.05) is 7.05 Å². The highest BCUT2D eigenvalue weighted by Crippen LogP contribution is 2.28. The molecule has 2 aromatic rings. The van der Waals surface area contributed by atoms with Crippen LogP contribution in [0.5, 0.6) is 0 Å². The first kappa shape index (κ1) is 9.84. The van der Waals surface area contributed by atoms with Crippen molar-refractivity contribution in [1.29, 1.82) is 0 Å². The van der Waals surface area contributed by atoms with Crippen LogP contribution in [0.1, 0.15) is 11.1 Å². The molecule has 4 nitrogen and oxygen atoms in total. The van der Waals surface area contributed by atoms with E-state index in [0.717, 1.165) is 23.4 Å². The molecule has 1 aliphatic rings. The number of halogens is 1. The molecular weight excluding hydrogens is 268 g/mol. The Morgan fingerprint density at radius 1 is 1.25 bits per heavy atom. The van der Waals surface area contributed by atoms with E-state index in [0.29, 0.717) is 0 Å². The van der Waals surface area contributed by atoms with Crippen LogP contribution in [0.4, 0.5) is 5.82 Å². The third kappa shape index (κ3) is 1.61. The second kappa shape index (κ2) is 3.59. The van der Waals surface area contributed by atoms with Crippen LogP contribution in [0, 0.1) is 0 Å². The molecule has 82 valence electrons. The molecule has 0 aliphatic carbocycles. The smallest absolute Gasteiger partial charge is 0.171 e. The first-order valence-electron chi connectivity index (χ1n) is 5.11. The highest BCUT2D eigenvalue weighted by molar-refractivity contribution is 9.10. The summed E-state index contributed by atoms with van der Waals surface area (Å²) < 4.78 is 1.13. The van der Waals surface area contributed by atoms with Crippen LogP contribution in [0.3, 0.4) is 0 Å². The molecule has 0 bridgehead atoms. The van der Waals surface area contributed by atoms with Crippen LogP contribution >= 0.6 is 15.9 Å². The van der Waals surface area contributed by atoms with Crippen molar-refractivity contribution in [3.8, 4) is 0 Å². The van der Waals surface area contributed by atoms with E-state index >= 15 is 0 Å². The number of fused-ring (bicyclic) bond motifs is 1. The summed E-state index contributed by atoms with van der Waals surface area (Å²) in [6.07, 6.45) is 1.81. The molecule has 16 heavy (non-hydrogen) atoms. The molecule has 0 N–H and O–H groups in total. The van der Waals surface area contributed by atoms with Gasteiger partial charge in [0, 0.05) is 24.6 Å². The number of anilines is 1. The molecule has 0 saturated carbocycles. The molecule has 0 amide bonds. The second-order valence-corrected chi connectivity index (χ2v) is 4.88. The Morgan fingerprint density at radius 3 is 2.81 bits per heavy atom. The summed E-state index contributed by atoms with van der Waals surface area (Å²) in [5.41, 5.74) is 2.73. The summed E-state index contributed by atoms with van der Waals surface area (Å²) in [5.74, 6) is 0.940. The third-order valence-corrected chi connectivity index (χ3v) is 3.30. The zero-order valence-electron chi connectivity index (χ0n) is 8.89. The summed E-state index contributed by atoms with van der Waals surface area (Å²) in [6.45, 7) is 1.83. The van der Waals surface area contributed by atoms with E-state index in [1.165, 1.54) is 11.1 Å². The molecule has 0 atom stereocenters. The van der Waals surface area contributed by atoms with Crippen LogP contribution < -0.4 is 4.90 Å². The number of aromatic nitrogens is 3. The highest BCUT2D eigenvalue weighted by atomic mass is 79.9. The monoisotopic (exact) mass is 278 g/mol. The van der Waals surface area contributed by atoms with Crippen molar-refractivity contribution < 1.29 is 0 Å². The van der Waals surface area contributed by atoms with Gasteiger partial charge in [0.25, 0.3) is 0 Å². The molecule has 3 rings (SSSR count). The Kier molecular flexibility index (Phi) is 2.21. The Morgan fingerprint density at radius 2 is 2.06 bits per heavy atom. The number of aryl methyl sites for hydroxylation is 1. The van der Waals surface area contributed by atoms with Crippen molar-refractivity contribution in [2.24, 2.45) is 7.05 Å². The quantitative estimate of drug-likeness (QED) is 0.801. The normalized spacial score (nSPS) is 14.2. The van der Waals surface area contributed by atoms with Crippen molar-refractivity contribution >= 4 is 21.7 Å². The molecular formula is C11H11BrN4. The average molecular weight is 279 g/mol. The molecule has 1 aliphatic heterocycles. The third-order valence-electron chi connectivity index (χ3n) is 2.80. The lowest BCUT2D eigenvalue weighted by atomic mass is 10.1. The van der Waals surface area contributed by atoms with Crippen LogP contribution in [0.15, 0.2) is 28.9 Å². The summed E-state index contributed by atoms with van der Waals surface area (Å²) in [6, 6.07) is 6.42. The zero-order chi connectivity index (χ0) is 11.1. The lowest BCUT2D eigenvalue weighted by Gasteiger charge is -2.12. The van der Waals surface area contributed by atoms with Gasteiger partial charge in [0.1, 0.15) is 0 Å². The second-order valence-electron chi connectivity index (χ2n) is 3.96. The van der Waals surface area contributed by atoms with Gasteiger partial charge in [-0.2, -0.15) is 9.90 Å². The zero-order valence-corrected chi connectivity index (χ0v) is 10.5. The number of benzene rings is 1. The van der Waals surface area contributed by atoms with Crippen molar-refractivity contribution in [2.45, 2.75) is 13.1 Å². The van der Waals surface area contributed by atoms with Gasteiger partial charge in [0.2, 0.25) is 0 Å². The molecule has 0 unspecified atom stereocenters. The van der Waals surface area contributed by atoms with Gasteiger partial charge in [-0.25, -0.2) is 0 Å². The van der Waals surface area contributed by atoms with Gasteiger partial charge in [-0.05, 0) is 23.3 Å². The van der Waals surface area contributed by atoms with E-state index in [9.17, 15) is 0 Å². The Bertz CT molecular complexity index is 535. The maximum absolute atomic E-state index is 4.32. The fourth-order valence-electron chi connectivity index (χ4n) is 2.01. The van der Waals surface area contributed by atoms with Crippen molar-refractivity contribution in [3.05, 3.63) is 40.0 Å². The average Bonchev–Trinajstić information content (AvgIpc) is 2.83. The molecule has 1 aromatic carbocycles. The molecule has 5 heteroatoms. The molecule has 2 heterocycles. The molecule has 0 radical (unpaired) electrons. The van der Waals surface area contributed by atoms with Gasteiger partial charge in [0.15, 0.2) is 5.82 Å². The molecule has 0 spiro atoms. The minimum absolute atomic E-state index is 0.910. The van der Waals surface area contributed by atoms with Gasteiger partial charge < -0.3 is 4.90 Å². The van der Waals surface area contributed by atoms with E-state index in [-0.39, 0.29) is 0 Å². The Hall–Kier alpha value is -1.36. The lowest BCUT2D eigenvalue weighted by molar-refractivity contribution is 0.649. The van der Waals surface area contributed by atoms with Gasteiger partial charge in [-0.1, -0.05) is 22.0 Å². The SMILES string of the molecule is Cn1ncc(N2Cc3ccc(Br)cc3C2)n1. The van der Waals surface area contributed by atoms with E-state index in [1.54, 1.807) is 11.0 Å². The number of rotatable bonds is 1. The minimum atomic E-state index is 0.910. The Balaban J connectivity index is 1.90. The first-order chi connectivity index (χ1) is 7.72. The van der Waals surface area contributed by atoms with Gasteiger partial charge in [-0.3, -0.25) is 0 Å². The van der Waals surface area contributed by atoms with Gasteiger partial charge in [-0.15, -0.1) is 5.10 Å². The topological polar surface area (TPSA) is 34.0 Å². The number of hydrogen-bond acceptors (Lipinski definition) is 3. The maximum atomic E-state index is 4.32. The largest absolute Gasteiger partial charge is 0.345 e. The number of hydrogen-bond donors (Lipinski definition) is 0.